The van der Waals surface area contributed by atoms with Crippen LogP contribution in [-0.4, -0.2) is 33.2 Å². The summed E-state index contributed by atoms with van der Waals surface area (Å²) in [7, 11) is 2.11. The van der Waals surface area contributed by atoms with E-state index in [1.54, 1.807) is 0 Å². The number of H-pyrrole nitrogens is 1. The summed E-state index contributed by atoms with van der Waals surface area (Å²) in [6.07, 6.45) is 9.14. The first-order valence-electron chi connectivity index (χ1n) is 6.76. The third-order valence-corrected chi connectivity index (χ3v) is 4.97. The lowest BCUT2D eigenvalue weighted by molar-refractivity contribution is 0.0308. The van der Waals surface area contributed by atoms with Gasteiger partial charge >= 0.3 is 0 Å². The maximum absolute atomic E-state index is 4.14. The second-order valence-corrected chi connectivity index (χ2v) is 5.55. The molecule has 6 heteroatoms. The van der Waals surface area contributed by atoms with Crippen molar-refractivity contribution in [1.29, 1.82) is 0 Å². The van der Waals surface area contributed by atoms with Crippen LogP contribution in [0.4, 0.5) is 0 Å². The Bertz CT molecular complexity index is 345. The lowest BCUT2D eigenvalue weighted by Gasteiger charge is -2.53. The molecule has 3 rings (SSSR count). The second kappa shape index (κ2) is 5.53. The van der Waals surface area contributed by atoms with Crippen molar-refractivity contribution in [2.45, 2.75) is 50.5 Å². The number of hydrogen-bond donors (Lipinski definition) is 2. The van der Waals surface area contributed by atoms with E-state index < -0.39 is 0 Å². The van der Waals surface area contributed by atoms with Gasteiger partial charge in [-0.25, -0.2) is 0 Å². The van der Waals surface area contributed by atoms with Gasteiger partial charge in [0.25, 0.3) is 0 Å². The fraction of sp³-hybridized carbons (Fsp3) is 0.917. The van der Waals surface area contributed by atoms with Crippen molar-refractivity contribution in [3.8, 4) is 0 Å². The number of nitrogens with zero attached hydrogens (tertiary/aromatic N) is 3. The predicted octanol–water partition coefficient (Wildman–Crippen LogP) is 1.72. The molecule has 102 valence electrons. The van der Waals surface area contributed by atoms with Crippen molar-refractivity contribution in [2.75, 3.05) is 7.05 Å². The first kappa shape index (κ1) is 13.7. The Labute approximate surface area is 114 Å². The molecule has 1 heterocycles. The van der Waals surface area contributed by atoms with Crippen LogP contribution in [0.2, 0.25) is 0 Å². The number of fused-ring (bicyclic) bond motifs is 2. The molecule has 5 nitrogen and oxygen atoms in total. The van der Waals surface area contributed by atoms with Crippen LogP contribution in [0.1, 0.15) is 44.3 Å². The van der Waals surface area contributed by atoms with Gasteiger partial charge in [-0.1, -0.05) is 18.1 Å². The summed E-state index contributed by atoms with van der Waals surface area (Å²) in [6.45, 7) is 0. The molecule has 0 aliphatic heterocycles. The SMILES string of the molecule is CNC1(Cc2nn[nH]n2)C2CCCC1CCC2.Cl. The van der Waals surface area contributed by atoms with E-state index in [9.17, 15) is 0 Å². The quantitative estimate of drug-likeness (QED) is 0.879. The normalized spacial score (nSPS) is 34.9. The molecule has 0 aromatic carbocycles. The second-order valence-electron chi connectivity index (χ2n) is 5.55. The maximum Gasteiger partial charge on any atom is 0.176 e. The van der Waals surface area contributed by atoms with Crippen LogP contribution in [-0.2, 0) is 6.42 Å². The molecule has 2 saturated carbocycles. The highest BCUT2D eigenvalue weighted by Gasteiger charge is 2.48. The Kier molecular flexibility index (Phi) is 4.22. The van der Waals surface area contributed by atoms with Crippen LogP contribution < -0.4 is 5.32 Å². The van der Waals surface area contributed by atoms with Gasteiger partial charge in [0.2, 0.25) is 0 Å². The van der Waals surface area contributed by atoms with Crippen LogP contribution in [0.15, 0.2) is 0 Å². The van der Waals surface area contributed by atoms with E-state index >= 15 is 0 Å². The average Bonchev–Trinajstić information content (AvgIpc) is 2.81. The zero-order valence-electron chi connectivity index (χ0n) is 10.9. The van der Waals surface area contributed by atoms with Crippen molar-refractivity contribution >= 4 is 12.4 Å². The van der Waals surface area contributed by atoms with Crippen LogP contribution in [0.3, 0.4) is 0 Å². The summed E-state index contributed by atoms with van der Waals surface area (Å²) in [5, 5.41) is 18.2. The zero-order valence-corrected chi connectivity index (χ0v) is 11.7. The lowest BCUT2D eigenvalue weighted by Crippen LogP contribution is -2.60. The van der Waals surface area contributed by atoms with Gasteiger partial charge in [0.05, 0.1) is 0 Å². The first-order chi connectivity index (χ1) is 8.35. The van der Waals surface area contributed by atoms with Crippen LogP contribution in [0.25, 0.3) is 0 Å². The minimum Gasteiger partial charge on any atom is -0.313 e. The third kappa shape index (κ3) is 2.14. The fourth-order valence-corrected chi connectivity index (χ4v) is 4.18. The summed E-state index contributed by atoms with van der Waals surface area (Å²) >= 11 is 0. The predicted molar refractivity (Wildman–Crippen MR) is 71.6 cm³/mol. The van der Waals surface area contributed by atoms with Gasteiger partial charge in [-0.15, -0.1) is 22.6 Å². The lowest BCUT2D eigenvalue weighted by atomic mass is 9.58. The average molecular weight is 272 g/mol. The highest BCUT2D eigenvalue weighted by atomic mass is 35.5. The minimum atomic E-state index is 0. The van der Waals surface area contributed by atoms with Crippen molar-refractivity contribution in [3.63, 3.8) is 0 Å². The molecule has 2 aliphatic rings. The molecule has 1 aromatic rings. The molecule has 0 unspecified atom stereocenters. The Morgan fingerprint density at radius 3 is 2.28 bits per heavy atom. The number of aromatic amines is 1. The highest BCUT2D eigenvalue weighted by Crippen LogP contribution is 2.48. The van der Waals surface area contributed by atoms with Crippen LogP contribution >= 0.6 is 12.4 Å². The number of rotatable bonds is 3. The summed E-state index contributed by atoms with van der Waals surface area (Å²) in [5.41, 5.74) is 0.223. The van der Waals surface area contributed by atoms with Crippen molar-refractivity contribution in [3.05, 3.63) is 5.82 Å². The van der Waals surface area contributed by atoms with E-state index in [4.69, 9.17) is 0 Å². The molecule has 0 spiro atoms. The summed E-state index contributed by atoms with van der Waals surface area (Å²) < 4.78 is 0. The number of halogens is 1. The fourth-order valence-electron chi connectivity index (χ4n) is 4.18. The highest BCUT2D eigenvalue weighted by molar-refractivity contribution is 5.85. The third-order valence-electron chi connectivity index (χ3n) is 4.97. The van der Waals surface area contributed by atoms with Gasteiger partial charge in [0.15, 0.2) is 5.82 Å². The van der Waals surface area contributed by atoms with E-state index in [0.29, 0.717) is 0 Å². The summed E-state index contributed by atoms with van der Waals surface area (Å²) in [4.78, 5) is 0. The van der Waals surface area contributed by atoms with E-state index in [-0.39, 0.29) is 17.9 Å². The Balaban J connectivity index is 0.00000120. The first-order valence-corrected chi connectivity index (χ1v) is 6.76. The molecule has 1 aromatic heterocycles. The van der Waals surface area contributed by atoms with Gasteiger partial charge < -0.3 is 5.32 Å². The van der Waals surface area contributed by atoms with Gasteiger partial charge in [-0.2, -0.15) is 5.21 Å². The molecule has 0 saturated heterocycles. The van der Waals surface area contributed by atoms with Crippen LogP contribution in [0, 0.1) is 11.8 Å². The Morgan fingerprint density at radius 1 is 1.22 bits per heavy atom. The molecule has 2 N–H and O–H groups in total. The molecular weight excluding hydrogens is 250 g/mol. The molecule has 0 radical (unpaired) electrons. The molecule has 2 fully saturated rings. The molecule has 0 amide bonds. The summed E-state index contributed by atoms with van der Waals surface area (Å²) in [6, 6.07) is 0. The standard InChI is InChI=1S/C12H21N5.ClH/c1-13-12(8-11-14-16-17-15-11)9-4-2-5-10(12)7-3-6-9;/h9-10,13H,2-8H2,1H3,(H,14,15,16,17);1H. The van der Waals surface area contributed by atoms with Gasteiger partial charge in [-0.05, 0) is 44.6 Å². The van der Waals surface area contributed by atoms with Crippen LogP contribution in [0.5, 0.6) is 0 Å². The van der Waals surface area contributed by atoms with Crippen molar-refractivity contribution < 1.29 is 0 Å². The Morgan fingerprint density at radius 2 is 1.83 bits per heavy atom. The monoisotopic (exact) mass is 271 g/mol. The largest absolute Gasteiger partial charge is 0.313 e. The number of tetrazole rings is 1. The van der Waals surface area contributed by atoms with E-state index in [1.165, 1.54) is 38.5 Å². The molecule has 0 atom stereocenters. The molecular formula is C12H22ClN5. The van der Waals surface area contributed by atoms with E-state index in [0.717, 1.165) is 24.1 Å². The van der Waals surface area contributed by atoms with E-state index in [1.807, 2.05) is 0 Å². The van der Waals surface area contributed by atoms with E-state index in [2.05, 4.69) is 33.0 Å². The number of aromatic nitrogens is 4. The molecule has 2 aliphatic carbocycles. The maximum atomic E-state index is 4.14. The van der Waals surface area contributed by atoms with Crippen molar-refractivity contribution in [1.82, 2.24) is 25.9 Å². The van der Waals surface area contributed by atoms with Gasteiger partial charge in [0.1, 0.15) is 0 Å². The topological polar surface area (TPSA) is 66.5 Å². The molecule has 18 heavy (non-hydrogen) atoms. The summed E-state index contributed by atoms with van der Waals surface area (Å²) in [5.74, 6) is 2.44. The van der Waals surface area contributed by atoms with Gasteiger partial charge in [0, 0.05) is 12.0 Å². The van der Waals surface area contributed by atoms with Crippen molar-refractivity contribution in [2.24, 2.45) is 11.8 Å². The number of likely N-dealkylation sites (N-methyl/N-ethyl adjacent to an activating group) is 1. The zero-order chi connectivity index (χ0) is 11.7. The Hall–Kier alpha value is -0.680. The smallest absolute Gasteiger partial charge is 0.176 e. The van der Waals surface area contributed by atoms with Gasteiger partial charge in [-0.3, -0.25) is 0 Å². The number of hydrogen-bond acceptors (Lipinski definition) is 4. The minimum absolute atomic E-state index is 0. The number of nitrogens with one attached hydrogen (secondary N) is 2. The molecule has 2 bridgehead atoms.